The summed E-state index contributed by atoms with van der Waals surface area (Å²) in [6.45, 7) is 9.64. The summed E-state index contributed by atoms with van der Waals surface area (Å²) in [5.74, 6) is -1.21. The van der Waals surface area contributed by atoms with Crippen molar-refractivity contribution in [3.05, 3.63) is 188 Å². The molecule has 0 aliphatic rings. The molecule has 2 unspecified atom stereocenters. The molecule has 8 aromatic rings. The van der Waals surface area contributed by atoms with E-state index in [-0.39, 0.29) is 34.9 Å². The largest absolute Gasteiger partial charge is 0.444 e. The van der Waals surface area contributed by atoms with Gasteiger partial charge >= 0.3 is 18.4 Å². The summed E-state index contributed by atoms with van der Waals surface area (Å²) in [5.41, 5.74) is 0.984. The molecular formula is C51H45ClF6N8O6. The van der Waals surface area contributed by atoms with Crippen LogP contribution in [0.3, 0.4) is 0 Å². The van der Waals surface area contributed by atoms with Gasteiger partial charge in [-0.25, -0.2) is 19.6 Å². The maximum absolute atomic E-state index is 13.4. The number of aryl methyl sites for hydroxylation is 2. The van der Waals surface area contributed by atoms with E-state index in [1.54, 1.807) is 42.0 Å². The first-order valence-electron chi connectivity index (χ1n) is 21.9. The molecule has 1 amide bonds. The normalized spacial score (nSPS) is 12.7. The van der Waals surface area contributed by atoms with Crippen LogP contribution in [-0.2, 0) is 17.1 Å². The minimum Gasteiger partial charge on any atom is -0.444 e. The average molecular weight is 1020 g/mol. The van der Waals surface area contributed by atoms with E-state index in [4.69, 9.17) is 26.0 Å². The minimum atomic E-state index is -4.67. The molecule has 0 radical (unpaired) electrons. The topological polar surface area (TPSA) is 164 Å². The Morgan fingerprint density at radius 1 is 0.611 bits per heavy atom. The minimum absolute atomic E-state index is 0.0119. The van der Waals surface area contributed by atoms with Crippen LogP contribution in [0.25, 0.3) is 21.8 Å². The van der Waals surface area contributed by atoms with E-state index in [0.717, 1.165) is 40.5 Å². The number of ether oxygens (including phenoxy) is 3. The van der Waals surface area contributed by atoms with E-state index in [2.05, 4.69) is 30.1 Å². The van der Waals surface area contributed by atoms with Gasteiger partial charge in [0.05, 0.1) is 46.5 Å². The summed E-state index contributed by atoms with van der Waals surface area (Å²) < 4.78 is 99.7. The molecule has 72 heavy (non-hydrogen) atoms. The van der Waals surface area contributed by atoms with Gasteiger partial charge in [-0.15, -0.1) is 0 Å². The molecule has 0 saturated heterocycles. The summed E-state index contributed by atoms with van der Waals surface area (Å²) in [6.07, 6.45) is -4.74. The van der Waals surface area contributed by atoms with Crippen LogP contribution in [0.2, 0.25) is 0 Å². The van der Waals surface area contributed by atoms with Crippen LogP contribution in [-0.4, -0.2) is 53.9 Å². The number of benzene rings is 4. The highest BCUT2D eigenvalue weighted by atomic mass is 35.5. The first-order valence-corrected chi connectivity index (χ1v) is 22.3. The first kappa shape index (κ1) is 52.0. The quantitative estimate of drug-likeness (QED) is 0.0884. The highest BCUT2D eigenvalue weighted by Gasteiger charge is 2.36. The van der Waals surface area contributed by atoms with Crippen molar-refractivity contribution in [3.8, 4) is 23.3 Å². The molecule has 0 aliphatic carbocycles. The third-order valence-electron chi connectivity index (χ3n) is 10.8. The number of nitrogens with one attached hydrogen (secondary N) is 2. The molecular weight excluding hydrogens is 970 g/mol. The van der Waals surface area contributed by atoms with Crippen LogP contribution in [0.1, 0.15) is 66.2 Å². The first-order chi connectivity index (χ1) is 34.1. The highest BCUT2D eigenvalue weighted by molar-refractivity contribution is 6.13. The predicted molar refractivity (Wildman–Crippen MR) is 257 cm³/mol. The van der Waals surface area contributed by atoms with E-state index in [1.807, 2.05) is 62.4 Å². The van der Waals surface area contributed by atoms with Gasteiger partial charge in [0.1, 0.15) is 28.2 Å². The number of alkyl carbamates (subject to hydrolysis) is 1. The van der Waals surface area contributed by atoms with E-state index >= 15 is 0 Å². The fourth-order valence-electron chi connectivity index (χ4n) is 7.44. The van der Waals surface area contributed by atoms with Crippen molar-refractivity contribution in [2.24, 2.45) is 0 Å². The maximum Gasteiger partial charge on any atom is 0.421 e. The van der Waals surface area contributed by atoms with Gasteiger partial charge in [-0.2, -0.15) is 36.3 Å². The van der Waals surface area contributed by atoms with Crippen LogP contribution < -0.4 is 30.7 Å². The van der Waals surface area contributed by atoms with E-state index in [1.165, 1.54) is 55.4 Å². The number of hydrogen-bond acceptors (Lipinski definition) is 11. The lowest BCUT2D eigenvalue weighted by Crippen LogP contribution is -2.36. The summed E-state index contributed by atoms with van der Waals surface area (Å²) in [7, 11) is 0. The van der Waals surface area contributed by atoms with Crippen molar-refractivity contribution in [3.63, 3.8) is 0 Å². The number of hydrogen-bond donors (Lipinski definition) is 2. The number of nitrogens with zero attached hydrogens (tertiary/aromatic N) is 6. The Labute approximate surface area is 412 Å². The molecule has 374 valence electrons. The van der Waals surface area contributed by atoms with Gasteiger partial charge < -0.3 is 28.7 Å². The summed E-state index contributed by atoms with van der Waals surface area (Å²) in [5, 5.41) is 3.07. The Morgan fingerprint density at radius 2 is 1.03 bits per heavy atom. The van der Waals surface area contributed by atoms with Gasteiger partial charge in [-0.3, -0.25) is 9.59 Å². The van der Waals surface area contributed by atoms with E-state index < -0.39 is 64.1 Å². The zero-order valence-corrected chi connectivity index (χ0v) is 39.8. The Bertz CT molecular complexity index is 3330. The predicted octanol–water partition coefficient (Wildman–Crippen LogP) is 11.3. The van der Waals surface area contributed by atoms with Crippen molar-refractivity contribution in [2.45, 2.75) is 64.7 Å². The molecule has 4 aromatic heterocycles. The van der Waals surface area contributed by atoms with Crippen molar-refractivity contribution in [2.75, 3.05) is 13.1 Å². The molecule has 2 atom stereocenters. The third-order valence-corrected chi connectivity index (χ3v) is 11.0. The van der Waals surface area contributed by atoms with Gasteiger partial charge in [0.15, 0.2) is 0 Å². The van der Waals surface area contributed by atoms with Crippen LogP contribution in [0, 0.1) is 13.8 Å². The van der Waals surface area contributed by atoms with Crippen molar-refractivity contribution in [1.29, 1.82) is 0 Å². The molecule has 4 heterocycles. The van der Waals surface area contributed by atoms with Crippen LogP contribution in [0.4, 0.5) is 31.1 Å². The Morgan fingerprint density at radius 3 is 1.42 bits per heavy atom. The highest BCUT2D eigenvalue weighted by Crippen LogP contribution is 2.39. The van der Waals surface area contributed by atoms with Gasteiger partial charge in [-0.05, 0) is 118 Å². The lowest BCUT2D eigenvalue weighted by atomic mass is 10.0. The SMILES string of the molecule is Cc1ccc(C(CNC(=O)OC(C)(C)C)n2cnc(=O)c3cc(Oc4ncccc4C(F)(F)F)ccc32)cc1.Cc1ccc(C(CNCl)n2cnc(=O)c3cc(Oc4ncccc4C(F)(F)F)ccc32)cc1. The molecule has 0 bridgehead atoms. The Balaban J connectivity index is 0.000000214. The number of fused-ring (bicyclic) bond motifs is 2. The number of carbonyl (C=O) groups excluding carboxylic acids is 1. The third kappa shape index (κ3) is 12.7. The van der Waals surface area contributed by atoms with Crippen LogP contribution in [0.15, 0.2) is 144 Å². The van der Waals surface area contributed by atoms with Crippen molar-refractivity contribution < 1.29 is 45.3 Å². The summed E-state index contributed by atoms with van der Waals surface area (Å²) in [4.78, 5) is 55.6. The molecule has 0 spiro atoms. The van der Waals surface area contributed by atoms with Gasteiger partial charge in [0.25, 0.3) is 11.1 Å². The molecule has 14 nitrogen and oxygen atoms in total. The maximum atomic E-state index is 13.4. The molecule has 8 rings (SSSR count). The van der Waals surface area contributed by atoms with Crippen molar-refractivity contribution >= 4 is 39.7 Å². The Hall–Kier alpha value is -7.84. The smallest absolute Gasteiger partial charge is 0.421 e. The fourth-order valence-corrected chi connectivity index (χ4v) is 7.58. The lowest BCUT2D eigenvalue weighted by Gasteiger charge is -2.25. The number of amides is 1. The number of halogens is 7. The van der Waals surface area contributed by atoms with Gasteiger partial charge in [0, 0.05) is 25.5 Å². The molecule has 0 aliphatic heterocycles. The standard InChI is InChI=1S/C28H27F3N4O4.C23H18ClF3N4O2/c1-17-7-9-18(10-8-17)23(15-33-26(37)39-27(2,3)4)35-16-34-24(36)20-14-19(11-12-22(20)35)38-25-21(28(29,30)31)6-5-13-32-25;1-14-4-6-15(7-5-14)20(12-30-24)31-13-29-21(32)17-11-16(8-9-19(17)31)33-22-18(23(25,26)27)3-2-10-28-22/h5-14,16,23H,15H2,1-4H3,(H,33,37);2-11,13,20,30H,12H2,1H3. The molecule has 0 fully saturated rings. The number of carbonyl (C=O) groups is 1. The van der Waals surface area contributed by atoms with Crippen LogP contribution in [0.5, 0.6) is 23.3 Å². The van der Waals surface area contributed by atoms with Crippen molar-refractivity contribution in [1.82, 2.24) is 39.2 Å². The van der Waals surface area contributed by atoms with E-state index in [9.17, 15) is 40.7 Å². The molecule has 2 N–H and O–H groups in total. The second-order valence-corrected chi connectivity index (χ2v) is 17.5. The molecule has 4 aromatic carbocycles. The number of aromatic nitrogens is 6. The fraction of sp³-hybridized carbons (Fsp3) is 0.235. The van der Waals surface area contributed by atoms with Crippen LogP contribution >= 0.6 is 11.8 Å². The average Bonchev–Trinajstić information content (AvgIpc) is 3.32. The van der Waals surface area contributed by atoms with E-state index in [0.29, 0.717) is 17.6 Å². The second kappa shape index (κ2) is 21.7. The molecule has 21 heteroatoms. The van der Waals surface area contributed by atoms with Gasteiger partial charge in [-0.1, -0.05) is 59.7 Å². The monoisotopic (exact) mass is 1010 g/mol. The summed E-state index contributed by atoms with van der Waals surface area (Å²) in [6, 6.07) is 27.5. The number of rotatable bonds is 12. The zero-order valence-electron chi connectivity index (χ0n) is 39.0. The van der Waals surface area contributed by atoms with Gasteiger partial charge in [0.2, 0.25) is 11.8 Å². The second-order valence-electron chi connectivity index (χ2n) is 17.3. The zero-order chi connectivity index (χ0) is 52.0. The summed E-state index contributed by atoms with van der Waals surface area (Å²) >= 11 is 5.81. The Kier molecular flexibility index (Phi) is 15.6. The number of pyridine rings is 2. The number of alkyl halides is 6. The molecule has 0 saturated carbocycles. The lowest BCUT2D eigenvalue weighted by molar-refractivity contribution is -0.139.